The summed E-state index contributed by atoms with van der Waals surface area (Å²) in [5, 5.41) is 8.75. The Morgan fingerprint density at radius 1 is 1.36 bits per heavy atom. The number of dihydropyridines is 1. The topological polar surface area (TPSA) is 66.7 Å². The predicted octanol–water partition coefficient (Wildman–Crippen LogP) is 0.721. The quantitative estimate of drug-likeness (QED) is 0.660. The van der Waals surface area contributed by atoms with E-state index < -0.39 is 11.9 Å². The smallest absolute Gasteiger partial charge is 0.314 e. The zero-order valence-electron chi connectivity index (χ0n) is 7.18. The van der Waals surface area contributed by atoms with Gasteiger partial charge in [0.05, 0.1) is 11.6 Å². The van der Waals surface area contributed by atoms with E-state index in [-0.39, 0.29) is 5.91 Å². The molecule has 1 N–H and O–H groups in total. The van der Waals surface area contributed by atoms with Gasteiger partial charge in [-0.2, -0.15) is 0 Å². The Labute approximate surface area is 80.0 Å². The monoisotopic (exact) mass is 189 g/mol. The van der Waals surface area contributed by atoms with Crippen molar-refractivity contribution in [1.82, 2.24) is 0 Å². The van der Waals surface area contributed by atoms with E-state index in [1.165, 1.54) is 12.2 Å². The van der Waals surface area contributed by atoms with E-state index in [4.69, 9.17) is 5.11 Å². The fraction of sp³-hybridized carbons (Fsp3) is 0.100. The molecule has 0 radical (unpaired) electrons. The summed E-state index contributed by atoms with van der Waals surface area (Å²) in [6.45, 7) is 0. The maximum absolute atomic E-state index is 10.9. The fourth-order valence-corrected chi connectivity index (χ4v) is 1.34. The van der Waals surface area contributed by atoms with Crippen molar-refractivity contribution in [1.29, 1.82) is 0 Å². The van der Waals surface area contributed by atoms with Crippen LogP contribution in [0.1, 0.15) is 0 Å². The third kappa shape index (κ3) is 1.42. The van der Waals surface area contributed by atoms with Crippen molar-refractivity contribution in [2.75, 3.05) is 0 Å². The maximum Gasteiger partial charge on any atom is 0.314 e. The van der Waals surface area contributed by atoms with Gasteiger partial charge in [-0.3, -0.25) is 9.59 Å². The fourth-order valence-electron chi connectivity index (χ4n) is 1.34. The van der Waals surface area contributed by atoms with Crippen molar-refractivity contribution < 1.29 is 14.7 Å². The van der Waals surface area contributed by atoms with Gasteiger partial charge in [0.2, 0.25) is 0 Å². The molecular formula is C10H7NO3. The molecule has 1 unspecified atom stereocenters. The van der Waals surface area contributed by atoms with Crippen molar-refractivity contribution in [3.05, 3.63) is 36.0 Å². The highest BCUT2D eigenvalue weighted by atomic mass is 16.4. The number of carboxylic acids is 1. The molecule has 70 valence electrons. The summed E-state index contributed by atoms with van der Waals surface area (Å²) in [6.07, 6.45) is 7.56. The van der Waals surface area contributed by atoms with Gasteiger partial charge in [-0.25, -0.2) is 4.99 Å². The summed E-state index contributed by atoms with van der Waals surface area (Å²) in [5.74, 6) is -1.84. The Kier molecular flexibility index (Phi) is 1.89. The standard InChI is InChI=1S/C10H7NO3/c12-9-4-2-6-5-7(10(13)14)1-3-8(6)11-9/h1-5,7H,(H,13,14). The average molecular weight is 189 g/mol. The Bertz CT molecular complexity index is 427. The average Bonchev–Trinajstić information content (AvgIpc) is 2.16. The van der Waals surface area contributed by atoms with E-state index in [0.717, 1.165) is 0 Å². The minimum Gasteiger partial charge on any atom is -0.481 e. The van der Waals surface area contributed by atoms with E-state index in [1.807, 2.05) is 0 Å². The molecular weight excluding hydrogens is 182 g/mol. The molecule has 14 heavy (non-hydrogen) atoms. The van der Waals surface area contributed by atoms with E-state index >= 15 is 0 Å². The number of fused-ring (bicyclic) bond motifs is 1. The van der Waals surface area contributed by atoms with Gasteiger partial charge < -0.3 is 5.11 Å². The minimum absolute atomic E-state index is 0.310. The number of aliphatic imine (C=N–C) groups is 1. The van der Waals surface area contributed by atoms with Crippen molar-refractivity contribution in [3.63, 3.8) is 0 Å². The largest absolute Gasteiger partial charge is 0.481 e. The molecule has 4 heteroatoms. The number of carbonyl (C=O) groups excluding carboxylic acids is 1. The summed E-state index contributed by atoms with van der Waals surface area (Å²) in [6, 6.07) is 0. The van der Waals surface area contributed by atoms with Crippen molar-refractivity contribution in [2.24, 2.45) is 10.9 Å². The van der Waals surface area contributed by atoms with Crippen LogP contribution >= 0.6 is 0 Å². The van der Waals surface area contributed by atoms with Crippen LogP contribution in [0.15, 0.2) is 40.9 Å². The molecule has 0 bridgehead atoms. The van der Waals surface area contributed by atoms with Crippen molar-refractivity contribution in [2.45, 2.75) is 0 Å². The summed E-state index contributed by atoms with van der Waals surface area (Å²) < 4.78 is 0. The predicted molar refractivity (Wildman–Crippen MR) is 49.9 cm³/mol. The van der Waals surface area contributed by atoms with Gasteiger partial charge in [-0.15, -0.1) is 0 Å². The molecule has 0 aromatic rings. The highest BCUT2D eigenvalue weighted by Crippen LogP contribution is 2.18. The van der Waals surface area contributed by atoms with E-state index in [9.17, 15) is 9.59 Å². The number of aliphatic carboxylic acids is 1. The lowest BCUT2D eigenvalue weighted by Crippen LogP contribution is -2.17. The number of nitrogens with zero attached hydrogens (tertiary/aromatic N) is 1. The molecule has 4 nitrogen and oxygen atoms in total. The van der Waals surface area contributed by atoms with Crippen molar-refractivity contribution in [3.8, 4) is 0 Å². The van der Waals surface area contributed by atoms with Gasteiger partial charge in [0.1, 0.15) is 0 Å². The molecule has 1 amide bonds. The van der Waals surface area contributed by atoms with Gasteiger partial charge in [-0.1, -0.05) is 12.2 Å². The third-order valence-corrected chi connectivity index (χ3v) is 2.04. The minimum atomic E-state index is -0.905. The first-order valence-corrected chi connectivity index (χ1v) is 4.11. The molecule has 2 aliphatic rings. The molecule has 1 aliphatic heterocycles. The number of hydrogen-bond donors (Lipinski definition) is 1. The number of carboxylic acid groups (broad SMARTS) is 1. The molecule has 0 spiro atoms. The van der Waals surface area contributed by atoms with Crippen LogP contribution in [0.5, 0.6) is 0 Å². The molecule has 1 heterocycles. The van der Waals surface area contributed by atoms with Gasteiger partial charge >= 0.3 is 5.97 Å². The van der Waals surface area contributed by atoms with Crippen LogP contribution in [0.25, 0.3) is 0 Å². The second kappa shape index (κ2) is 3.06. The van der Waals surface area contributed by atoms with E-state index in [0.29, 0.717) is 11.3 Å². The van der Waals surface area contributed by atoms with Crippen LogP contribution < -0.4 is 0 Å². The highest BCUT2D eigenvalue weighted by molar-refractivity contribution is 6.19. The lowest BCUT2D eigenvalue weighted by molar-refractivity contribution is -0.138. The molecule has 2 rings (SSSR count). The lowest BCUT2D eigenvalue weighted by Gasteiger charge is -2.13. The second-order valence-electron chi connectivity index (χ2n) is 3.01. The van der Waals surface area contributed by atoms with Crippen LogP contribution in [0.3, 0.4) is 0 Å². The summed E-state index contributed by atoms with van der Waals surface area (Å²) in [5.41, 5.74) is 1.23. The summed E-state index contributed by atoms with van der Waals surface area (Å²) >= 11 is 0. The first kappa shape index (κ1) is 8.62. The number of amides is 1. The molecule has 0 saturated heterocycles. The Morgan fingerprint density at radius 3 is 2.86 bits per heavy atom. The summed E-state index contributed by atoms with van der Waals surface area (Å²) in [4.78, 5) is 25.3. The molecule has 0 aromatic heterocycles. The van der Waals surface area contributed by atoms with Gasteiger partial charge in [0.25, 0.3) is 5.91 Å². The van der Waals surface area contributed by atoms with E-state index in [2.05, 4.69) is 4.99 Å². The second-order valence-corrected chi connectivity index (χ2v) is 3.01. The molecule has 1 atom stereocenters. The first-order valence-electron chi connectivity index (χ1n) is 4.11. The first-order chi connectivity index (χ1) is 6.66. The molecule has 0 fully saturated rings. The zero-order valence-corrected chi connectivity index (χ0v) is 7.18. The number of carbonyl (C=O) groups is 2. The van der Waals surface area contributed by atoms with Crippen molar-refractivity contribution >= 4 is 17.6 Å². The van der Waals surface area contributed by atoms with Gasteiger partial charge in [-0.05, 0) is 17.7 Å². The number of rotatable bonds is 1. The summed E-state index contributed by atoms with van der Waals surface area (Å²) in [7, 11) is 0. The van der Waals surface area contributed by atoms with Gasteiger partial charge in [0.15, 0.2) is 0 Å². The van der Waals surface area contributed by atoms with Crippen LogP contribution in [-0.4, -0.2) is 22.7 Å². The third-order valence-electron chi connectivity index (χ3n) is 2.04. The van der Waals surface area contributed by atoms with E-state index in [1.54, 1.807) is 18.2 Å². The lowest BCUT2D eigenvalue weighted by atomic mass is 9.94. The van der Waals surface area contributed by atoms with Gasteiger partial charge in [0, 0.05) is 6.08 Å². The normalized spacial score (nSPS) is 24.0. The van der Waals surface area contributed by atoms with Crippen LogP contribution in [0.4, 0.5) is 0 Å². The molecule has 1 aliphatic carbocycles. The highest BCUT2D eigenvalue weighted by Gasteiger charge is 2.19. The maximum atomic E-state index is 10.9. The van der Waals surface area contributed by atoms with Crippen LogP contribution in [0, 0.1) is 5.92 Å². The molecule has 0 aromatic carbocycles. The Morgan fingerprint density at radius 2 is 2.14 bits per heavy atom. The Hall–Kier alpha value is -1.97. The molecule has 0 saturated carbocycles. The Balaban J connectivity index is 2.36. The zero-order chi connectivity index (χ0) is 10.1. The number of allylic oxidation sites excluding steroid dienone is 3. The van der Waals surface area contributed by atoms with Crippen LogP contribution in [-0.2, 0) is 9.59 Å². The van der Waals surface area contributed by atoms with Crippen LogP contribution in [0.2, 0.25) is 0 Å². The SMILES string of the molecule is O=C1C=CC2=CC(C(=O)O)C=CC2=N1. The number of hydrogen-bond acceptors (Lipinski definition) is 2.